The van der Waals surface area contributed by atoms with Crippen molar-refractivity contribution < 1.29 is 18.0 Å². The highest BCUT2D eigenvalue weighted by Gasteiger charge is 2.18. The molecule has 1 atom stereocenters. The molecule has 1 heterocycles. The van der Waals surface area contributed by atoms with Gasteiger partial charge in [-0.3, -0.25) is 4.79 Å². The standard InChI is InChI=1S/C20H14ClF2N3O2/c21-13-3-1-12(2-4-13)18-11-25-20(28-18)8-7-19(27)26-17(10-24)15-6-5-14(22)9-16(15)23/h1-6,9,11,17H,7-8H2,(H,26,27). The van der Waals surface area contributed by atoms with Crippen molar-refractivity contribution in [3.8, 4) is 17.4 Å². The number of nitriles is 1. The highest BCUT2D eigenvalue weighted by molar-refractivity contribution is 6.30. The van der Waals surface area contributed by atoms with Gasteiger partial charge in [0.25, 0.3) is 0 Å². The molecular formula is C20H14ClF2N3O2. The van der Waals surface area contributed by atoms with Crippen molar-refractivity contribution in [1.82, 2.24) is 10.3 Å². The van der Waals surface area contributed by atoms with Gasteiger partial charge in [0.15, 0.2) is 11.7 Å². The minimum absolute atomic E-state index is 0.0123. The summed E-state index contributed by atoms with van der Waals surface area (Å²) in [6.07, 6.45) is 1.73. The molecule has 0 spiro atoms. The van der Waals surface area contributed by atoms with Crippen LogP contribution in [0.3, 0.4) is 0 Å². The van der Waals surface area contributed by atoms with Gasteiger partial charge in [-0.1, -0.05) is 17.7 Å². The summed E-state index contributed by atoms with van der Waals surface area (Å²) in [5, 5.41) is 12.2. The summed E-state index contributed by atoms with van der Waals surface area (Å²) in [4.78, 5) is 16.2. The summed E-state index contributed by atoms with van der Waals surface area (Å²) in [6.45, 7) is 0. The van der Waals surface area contributed by atoms with E-state index < -0.39 is 23.6 Å². The fourth-order valence-corrected chi connectivity index (χ4v) is 2.67. The lowest BCUT2D eigenvalue weighted by molar-refractivity contribution is -0.121. The molecule has 0 fully saturated rings. The lowest BCUT2D eigenvalue weighted by Crippen LogP contribution is -2.28. The zero-order valence-electron chi connectivity index (χ0n) is 14.5. The Morgan fingerprint density at radius 1 is 1.25 bits per heavy atom. The Morgan fingerprint density at radius 3 is 2.68 bits per heavy atom. The Kier molecular flexibility index (Phi) is 6.02. The fourth-order valence-electron chi connectivity index (χ4n) is 2.54. The van der Waals surface area contributed by atoms with Gasteiger partial charge in [-0.05, 0) is 30.3 Å². The maximum Gasteiger partial charge on any atom is 0.221 e. The quantitative estimate of drug-likeness (QED) is 0.655. The Bertz CT molecular complexity index is 1030. The van der Waals surface area contributed by atoms with E-state index >= 15 is 0 Å². The van der Waals surface area contributed by atoms with Gasteiger partial charge in [0, 0.05) is 35.1 Å². The molecule has 3 rings (SSSR count). The van der Waals surface area contributed by atoms with E-state index in [4.69, 9.17) is 16.0 Å². The third-order valence-corrected chi connectivity index (χ3v) is 4.21. The van der Waals surface area contributed by atoms with Crippen molar-refractivity contribution in [3.63, 3.8) is 0 Å². The normalized spacial score (nSPS) is 11.6. The Morgan fingerprint density at radius 2 is 2.00 bits per heavy atom. The number of rotatable bonds is 6. The minimum Gasteiger partial charge on any atom is -0.441 e. The lowest BCUT2D eigenvalue weighted by atomic mass is 10.1. The van der Waals surface area contributed by atoms with E-state index in [2.05, 4.69) is 10.3 Å². The Balaban J connectivity index is 1.59. The van der Waals surface area contributed by atoms with Crippen LogP contribution in [0.5, 0.6) is 0 Å². The van der Waals surface area contributed by atoms with E-state index in [0.717, 1.165) is 17.7 Å². The van der Waals surface area contributed by atoms with E-state index in [0.29, 0.717) is 22.7 Å². The smallest absolute Gasteiger partial charge is 0.221 e. The molecule has 2 aromatic carbocycles. The molecule has 0 radical (unpaired) electrons. The van der Waals surface area contributed by atoms with Gasteiger partial charge in [0.2, 0.25) is 5.91 Å². The van der Waals surface area contributed by atoms with E-state index in [1.165, 1.54) is 0 Å². The number of nitrogens with one attached hydrogen (secondary N) is 1. The highest BCUT2D eigenvalue weighted by atomic mass is 35.5. The zero-order chi connectivity index (χ0) is 20.1. The van der Waals surface area contributed by atoms with Gasteiger partial charge in [0.1, 0.15) is 17.7 Å². The predicted octanol–water partition coefficient (Wildman–Crippen LogP) is 4.59. The number of nitrogens with zero attached hydrogens (tertiary/aromatic N) is 2. The van der Waals surface area contributed by atoms with Crippen LogP contribution >= 0.6 is 11.6 Å². The average molecular weight is 402 g/mol. The first-order valence-electron chi connectivity index (χ1n) is 8.31. The summed E-state index contributed by atoms with van der Waals surface area (Å²) < 4.78 is 32.4. The van der Waals surface area contributed by atoms with Crippen LogP contribution in [-0.4, -0.2) is 10.9 Å². The second-order valence-electron chi connectivity index (χ2n) is 5.92. The minimum atomic E-state index is -1.22. The third kappa shape index (κ3) is 4.72. The molecule has 1 unspecified atom stereocenters. The molecule has 28 heavy (non-hydrogen) atoms. The van der Waals surface area contributed by atoms with Crippen LogP contribution in [0.4, 0.5) is 8.78 Å². The van der Waals surface area contributed by atoms with Crippen LogP contribution in [-0.2, 0) is 11.2 Å². The Labute approximate surface area is 164 Å². The zero-order valence-corrected chi connectivity index (χ0v) is 15.2. The molecule has 1 aromatic heterocycles. The number of hydrogen-bond acceptors (Lipinski definition) is 4. The first-order valence-corrected chi connectivity index (χ1v) is 8.68. The summed E-state index contributed by atoms with van der Waals surface area (Å²) in [7, 11) is 0. The number of hydrogen-bond donors (Lipinski definition) is 1. The molecule has 1 N–H and O–H groups in total. The number of carbonyl (C=O) groups excluding carboxylic acids is 1. The summed E-state index contributed by atoms with van der Waals surface area (Å²) >= 11 is 5.85. The number of halogens is 3. The number of carbonyl (C=O) groups is 1. The fraction of sp³-hybridized carbons (Fsp3) is 0.150. The summed E-state index contributed by atoms with van der Waals surface area (Å²) in [5.74, 6) is -1.25. The maximum atomic E-state index is 13.8. The first kappa shape index (κ1) is 19.5. The predicted molar refractivity (Wildman–Crippen MR) is 98.1 cm³/mol. The molecule has 0 saturated carbocycles. The van der Waals surface area contributed by atoms with Crippen molar-refractivity contribution in [2.45, 2.75) is 18.9 Å². The number of amides is 1. The van der Waals surface area contributed by atoms with Crippen LogP contribution < -0.4 is 5.32 Å². The van der Waals surface area contributed by atoms with Crippen molar-refractivity contribution in [3.05, 3.63) is 76.8 Å². The van der Waals surface area contributed by atoms with Crippen LogP contribution in [0, 0.1) is 23.0 Å². The molecule has 3 aromatic rings. The van der Waals surface area contributed by atoms with Gasteiger partial charge in [-0.25, -0.2) is 13.8 Å². The molecule has 8 heteroatoms. The molecule has 0 aliphatic heterocycles. The molecule has 0 bridgehead atoms. The monoisotopic (exact) mass is 401 g/mol. The number of aryl methyl sites for hydroxylation is 1. The molecule has 5 nitrogen and oxygen atoms in total. The van der Waals surface area contributed by atoms with Gasteiger partial charge < -0.3 is 9.73 Å². The van der Waals surface area contributed by atoms with E-state index in [-0.39, 0.29) is 18.4 Å². The summed E-state index contributed by atoms with van der Waals surface area (Å²) in [6, 6.07) is 10.4. The first-order chi connectivity index (χ1) is 13.5. The number of benzene rings is 2. The molecule has 0 aliphatic rings. The second kappa shape index (κ2) is 8.63. The van der Waals surface area contributed by atoms with Gasteiger partial charge in [-0.2, -0.15) is 5.26 Å². The van der Waals surface area contributed by atoms with Crippen molar-refractivity contribution >= 4 is 17.5 Å². The topological polar surface area (TPSA) is 78.9 Å². The van der Waals surface area contributed by atoms with Crippen molar-refractivity contribution in [2.75, 3.05) is 0 Å². The molecule has 1 amide bonds. The van der Waals surface area contributed by atoms with Gasteiger partial charge >= 0.3 is 0 Å². The molecular weight excluding hydrogens is 388 g/mol. The second-order valence-corrected chi connectivity index (χ2v) is 6.36. The van der Waals surface area contributed by atoms with E-state index in [9.17, 15) is 18.8 Å². The number of aromatic nitrogens is 1. The largest absolute Gasteiger partial charge is 0.441 e. The molecule has 142 valence electrons. The van der Waals surface area contributed by atoms with Crippen LogP contribution in [0.15, 0.2) is 53.1 Å². The average Bonchev–Trinajstić information content (AvgIpc) is 3.14. The third-order valence-electron chi connectivity index (χ3n) is 3.96. The number of oxazole rings is 1. The van der Waals surface area contributed by atoms with Gasteiger partial charge in [0.05, 0.1) is 12.3 Å². The van der Waals surface area contributed by atoms with E-state index in [1.807, 2.05) is 0 Å². The molecule has 0 aliphatic carbocycles. The van der Waals surface area contributed by atoms with Crippen LogP contribution in [0.2, 0.25) is 5.02 Å². The lowest BCUT2D eigenvalue weighted by Gasteiger charge is -2.12. The van der Waals surface area contributed by atoms with Crippen LogP contribution in [0.1, 0.15) is 23.9 Å². The highest BCUT2D eigenvalue weighted by Crippen LogP contribution is 2.23. The maximum absolute atomic E-state index is 13.8. The van der Waals surface area contributed by atoms with Crippen molar-refractivity contribution in [1.29, 1.82) is 5.26 Å². The van der Waals surface area contributed by atoms with E-state index in [1.54, 1.807) is 36.5 Å². The molecule has 0 saturated heterocycles. The van der Waals surface area contributed by atoms with Crippen LogP contribution in [0.25, 0.3) is 11.3 Å². The van der Waals surface area contributed by atoms with Gasteiger partial charge in [-0.15, -0.1) is 0 Å². The van der Waals surface area contributed by atoms with Crippen molar-refractivity contribution in [2.24, 2.45) is 0 Å². The Hall–Kier alpha value is -3.24. The SMILES string of the molecule is N#CC(NC(=O)CCc1ncc(-c2ccc(Cl)cc2)o1)c1ccc(F)cc1F. The summed E-state index contributed by atoms with van der Waals surface area (Å²) in [5.41, 5.74) is 0.697.